The fourth-order valence-corrected chi connectivity index (χ4v) is 1.45. The minimum atomic E-state index is -0.386. The van der Waals surface area contributed by atoms with Crippen molar-refractivity contribution in [3.05, 3.63) is 28.5 Å². The zero-order chi connectivity index (χ0) is 12.0. The van der Waals surface area contributed by atoms with Crippen LogP contribution in [0.25, 0.3) is 0 Å². The molecule has 1 aromatic heterocycles. The summed E-state index contributed by atoms with van der Waals surface area (Å²) in [6, 6.07) is 3.14. The molecule has 0 aliphatic heterocycles. The molecule has 16 heavy (non-hydrogen) atoms. The third-order valence-electron chi connectivity index (χ3n) is 1.88. The number of rotatable bonds is 5. The van der Waals surface area contributed by atoms with Gasteiger partial charge in [0.25, 0.3) is 0 Å². The monoisotopic (exact) mass is 243 g/mol. The number of carbonyl (C=O) groups excluding carboxylic acids is 1. The van der Waals surface area contributed by atoms with Gasteiger partial charge in [0.1, 0.15) is 5.15 Å². The number of halogens is 1. The van der Waals surface area contributed by atoms with Crippen LogP contribution in [-0.4, -0.2) is 31.3 Å². The lowest BCUT2D eigenvalue weighted by atomic mass is 10.2. The first kappa shape index (κ1) is 12.9. The molecule has 0 radical (unpaired) electrons. The molecule has 0 N–H and O–H groups in total. The van der Waals surface area contributed by atoms with Crippen LogP contribution in [0.1, 0.15) is 22.5 Å². The quantitative estimate of drug-likeness (QED) is 0.452. The molecule has 0 saturated heterocycles. The van der Waals surface area contributed by atoms with Crippen LogP contribution in [0.5, 0.6) is 0 Å². The number of pyridine rings is 1. The zero-order valence-electron chi connectivity index (χ0n) is 9.33. The molecule has 0 amide bonds. The van der Waals surface area contributed by atoms with Crippen molar-refractivity contribution in [3.8, 4) is 0 Å². The number of aromatic nitrogens is 1. The molecule has 5 heteroatoms. The van der Waals surface area contributed by atoms with Crippen LogP contribution in [0.3, 0.4) is 0 Å². The van der Waals surface area contributed by atoms with E-state index in [-0.39, 0.29) is 5.97 Å². The number of carbonyl (C=O) groups is 1. The zero-order valence-corrected chi connectivity index (χ0v) is 10.1. The molecule has 0 fully saturated rings. The molecule has 1 rings (SSSR count). The Morgan fingerprint density at radius 2 is 2.19 bits per heavy atom. The Balaban J connectivity index is 2.52. The highest BCUT2D eigenvalue weighted by atomic mass is 35.5. The van der Waals surface area contributed by atoms with E-state index >= 15 is 0 Å². The SMILES string of the molecule is COCCCOC(=O)c1cc(C)nc(Cl)c1. The molecule has 0 bridgehead atoms. The largest absolute Gasteiger partial charge is 0.462 e. The Hall–Kier alpha value is -1.13. The van der Waals surface area contributed by atoms with Crippen molar-refractivity contribution in [2.24, 2.45) is 0 Å². The van der Waals surface area contributed by atoms with E-state index in [9.17, 15) is 4.79 Å². The summed E-state index contributed by atoms with van der Waals surface area (Å²) in [6.07, 6.45) is 0.681. The van der Waals surface area contributed by atoms with Gasteiger partial charge in [-0.2, -0.15) is 0 Å². The van der Waals surface area contributed by atoms with Crippen LogP contribution in [0.4, 0.5) is 0 Å². The lowest BCUT2D eigenvalue weighted by molar-refractivity contribution is 0.0468. The van der Waals surface area contributed by atoms with Crippen LogP contribution in [0, 0.1) is 6.92 Å². The van der Waals surface area contributed by atoms with E-state index in [0.29, 0.717) is 36.0 Å². The van der Waals surface area contributed by atoms with Crippen LogP contribution in [0.2, 0.25) is 5.15 Å². The minimum absolute atomic E-state index is 0.295. The van der Waals surface area contributed by atoms with Crippen LogP contribution >= 0.6 is 11.6 Å². The third-order valence-corrected chi connectivity index (χ3v) is 2.08. The van der Waals surface area contributed by atoms with Gasteiger partial charge in [-0.1, -0.05) is 11.6 Å². The third kappa shape index (κ3) is 4.16. The molecule has 0 aliphatic carbocycles. The second kappa shape index (κ2) is 6.45. The number of esters is 1. The standard InChI is InChI=1S/C11H14ClNO3/c1-8-6-9(7-10(12)13-8)11(14)16-5-3-4-15-2/h6-7H,3-5H2,1-2H3. The average molecular weight is 244 g/mol. The molecule has 0 aliphatic rings. The normalized spacial score (nSPS) is 10.2. The van der Waals surface area contributed by atoms with Gasteiger partial charge in [-0.25, -0.2) is 9.78 Å². The Bertz CT molecular complexity index is 348. The van der Waals surface area contributed by atoms with E-state index in [1.54, 1.807) is 20.1 Å². The van der Waals surface area contributed by atoms with Crippen LogP contribution in [0.15, 0.2) is 12.1 Å². The molecule has 0 saturated carbocycles. The summed E-state index contributed by atoms with van der Waals surface area (Å²) in [6.45, 7) is 2.68. The molecule has 88 valence electrons. The van der Waals surface area contributed by atoms with Crippen LogP contribution in [-0.2, 0) is 9.47 Å². The highest BCUT2D eigenvalue weighted by Crippen LogP contribution is 2.11. The van der Waals surface area contributed by atoms with Gasteiger partial charge in [0.15, 0.2) is 0 Å². The topological polar surface area (TPSA) is 48.4 Å². The van der Waals surface area contributed by atoms with Crippen molar-refractivity contribution in [1.82, 2.24) is 4.98 Å². The summed E-state index contributed by atoms with van der Waals surface area (Å²) >= 11 is 5.74. The maximum absolute atomic E-state index is 11.6. The highest BCUT2D eigenvalue weighted by molar-refractivity contribution is 6.29. The van der Waals surface area contributed by atoms with Gasteiger partial charge in [-0.3, -0.25) is 0 Å². The van der Waals surface area contributed by atoms with Crippen molar-refractivity contribution < 1.29 is 14.3 Å². The second-order valence-electron chi connectivity index (χ2n) is 3.30. The fourth-order valence-electron chi connectivity index (χ4n) is 1.20. The van der Waals surface area contributed by atoms with Crippen molar-refractivity contribution in [3.63, 3.8) is 0 Å². The number of ether oxygens (including phenoxy) is 2. The fraction of sp³-hybridized carbons (Fsp3) is 0.455. The first-order valence-electron chi connectivity index (χ1n) is 4.93. The molecular formula is C11H14ClNO3. The summed E-state index contributed by atoms with van der Waals surface area (Å²) in [4.78, 5) is 15.5. The molecular weight excluding hydrogens is 230 g/mol. The van der Waals surface area contributed by atoms with E-state index < -0.39 is 0 Å². The summed E-state index contributed by atoms with van der Waals surface area (Å²) in [5.74, 6) is -0.386. The minimum Gasteiger partial charge on any atom is -0.462 e. The highest BCUT2D eigenvalue weighted by Gasteiger charge is 2.08. The maximum atomic E-state index is 11.6. The van der Waals surface area contributed by atoms with Gasteiger partial charge in [0.2, 0.25) is 0 Å². The van der Waals surface area contributed by atoms with Gasteiger partial charge in [-0.15, -0.1) is 0 Å². The maximum Gasteiger partial charge on any atom is 0.338 e. The number of hydrogen-bond donors (Lipinski definition) is 0. The molecule has 1 aromatic rings. The van der Waals surface area contributed by atoms with Crippen molar-refractivity contribution in [1.29, 1.82) is 0 Å². The van der Waals surface area contributed by atoms with Crippen LogP contribution < -0.4 is 0 Å². The molecule has 0 unspecified atom stereocenters. The smallest absolute Gasteiger partial charge is 0.338 e. The Morgan fingerprint density at radius 3 is 2.81 bits per heavy atom. The summed E-state index contributed by atoms with van der Waals surface area (Å²) in [5, 5.41) is 0.295. The Kier molecular flexibility index (Phi) is 5.22. The van der Waals surface area contributed by atoms with Gasteiger partial charge < -0.3 is 9.47 Å². The van der Waals surface area contributed by atoms with E-state index in [4.69, 9.17) is 21.1 Å². The van der Waals surface area contributed by atoms with E-state index in [1.807, 2.05) is 0 Å². The first-order valence-corrected chi connectivity index (χ1v) is 5.31. The van der Waals surface area contributed by atoms with E-state index in [1.165, 1.54) is 6.07 Å². The number of hydrogen-bond acceptors (Lipinski definition) is 4. The summed E-state index contributed by atoms with van der Waals surface area (Å²) < 4.78 is 9.88. The van der Waals surface area contributed by atoms with Gasteiger partial charge in [-0.05, 0) is 19.1 Å². The van der Waals surface area contributed by atoms with E-state index in [2.05, 4.69) is 4.98 Å². The predicted octanol–water partition coefficient (Wildman–Crippen LogP) is 2.24. The molecule has 0 spiro atoms. The molecule has 1 heterocycles. The molecule has 0 aromatic carbocycles. The predicted molar refractivity (Wildman–Crippen MR) is 60.8 cm³/mol. The molecule has 4 nitrogen and oxygen atoms in total. The lowest BCUT2D eigenvalue weighted by Gasteiger charge is -2.05. The number of methoxy groups -OCH3 is 1. The Labute approximate surface area is 99.5 Å². The first-order chi connectivity index (χ1) is 7.63. The van der Waals surface area contributed by atoms with Crippen molar-refractivity contribution in [2.45, 2.75) is 13.3 Å². The van der Waals surface area contributed by atoms with Gasteiger partial charge in [0.05, 0.1) is 12.2 Å². The second-order valence-corrected chi connectivity index (χ2v) is 3.69. The van der Waals surface area contributed by atoms with E-state index in [0.717, 1.165) is 0 Å². The number of nitrogens with zero attached hydrogens (tertiary/aromatic N) is 1. The lowest BCUT2D eigenvalue weighted by Crippen LogP contribution is -2.08. The van der Waals surface area contributed by atoms with Gasteiger partial charge in [0, 0.05) is 25.8 Å². The van der Waals surface area contributed by atoms with Crippen molar-refractivity contribution >= 4 is 17.6 Å². The number of aryl methyl sites for hydroxylation is 1. The average Bonchev–Trinajstić information content (AvgIpc) is 2.22. The summed E-state index contributed by atoms with van der Waals surface area (Å²) in [7, 11) is 1.60. The van der Waals surface area contributed by atoms with Gasteiger partial charge >= 0.3 is 5.97 Å². The molecule has 0 atom stereocenters. The van der Waals surface area contributed by atoms with Crippen molar-refractivity contribution in [2.75, 3.05) is 20.3 Å². The summed E-state index contributed by atoms with van der Waals surface area (Å²) in [5.41, 5.74) is 1.12. The Morgan fingerprint density at radius 1 is 1.44 bits per heavy atom.